The lowest BCUT2D eigenvalue weighted by Gasteiger charge is -2.20. The van der Waals surface area contributed by atoms with Gasteiger partial charge in [-0.1, -0.05) is 5.16 Å². The van der Waals surface area contributed by atoms with Crippen molar-refractivity contribution < 1.29 is 19.6 Å². The van der Waals surface area contributed by atoms with E-state index in [-0.39, 0.29) is 23.4 Å². The summed E-state index contributed by atoms with van der Waals surface area (Å²) in [4.78, 5) is 32.7. The van der Waals surface area contributed by atoms with Gasteiger partial charge in [0.2, 0.25) is 11.6 Å². The zero-order chi connectivity index (χ0) is 27.0. The third-order valence-electron chi connectivity index (χ3n) is 2.58. The third-order valence-corrected chi connectivity index (χ3v) is 2.58. The highest BCUT2D eigenvalue weighted by molar-refractivity contribution is 6.45. The minimum absolute atomic E-state index is 0.0583. The number of carbonyl (C=O) groups is 3. The molecule has 6 N–H and O–H groups in total. The van der Waals surface area contributed by atoms with Gasteiger partial charge < -0.3 is 26.9 Å². The first kappa shape index (κ1) is 33.9. The number of nitrogens with zero attached hydrogens (tertiary/aromatic N) is 4. The van der Waals surface area contributed by atoms with E-state index in [1.165, 1.54) is 6.07 Å². The Bertz CT molecular complexity index is 810. The molecule has 0 bridgehead atoms. The molecule has 0 heterocycles. The fourth-order valence-corrected chi connectivity index (χ4v) is 1.56. The van der Waals surface area contributed by atoms with E-state index in [0.29, 0.717) is 0 Å². The summed E-state index contributed by atoms with van der Waals surface area (Å²) < 4.78 is 0. The molecule has 0 radical (unpaired) electrons. The second-order valence-corrected chi connectivity index (χ2v) is 9.74. The molecule has 0 aliphatic carbocycles. The molecule has 0 aromatic heterocycles. The van der Waals surface area contributed by atoms with Crippen molar-refractivity contribution in [2.75, 3.05) is 0 Å². The van der Waals surface area contributed by atoms with Crippen molar-refractivity contribution in [1.29, 1.82) is 15.8 Å². The van der Waals surface area contributed by atoms with Crippen LogP contribution >= 0.6 is 0 Å². The number of carbonyl (C=O) groups excluding carboxylic acids is 3. The number of hydrogen-bond donors (Lipinski definition) is 5. The van der Waals surface area contributed by atoms with Crippen LogP contribution in [0.2, 0.25) is 0 Å². The zero-order valence-electron chi connectivity index (χ0n) is 20.8. The van der Waals surface area contributed by atoms with Crippen molar-refractivity contribution in [3.05, 3.63) is 0 Å². The first-order valence-electron chi connectivity index (χ1n) is 9.82. The van der Waals surface area contributed by atoms with Crippen LogP contribution in [0, 0.1) is 34.0 Å². The van der Waals surface area contributed by atoms with E-state index in [1.54, 1.807) is 32.9 Å². The average molecular weight is 465 g/mol. The van der Waals surface area contributed by atoms with E-state index in [9.17, 15) is 14.4 Å². The van der Waals surface area contributed by atoms with Crippen LogP contribution in [0.15, 0.2) is 5.16 Å². The van der Waals surface area contributed by atoms with Crippen molar-refractivity contribution in [3.8, 4) is 18.2 Å². The molecule has 0 saturated heterocycles. The summed E-state index contributed by atoms with van der Waals surface area (Å²) in [6.45, 7) is 16.4. The van der Waals surface area contributed by atoms with Crippen molar-refractivity contribution in [2.24, 2.45) is 10.9 Å². The second-order valence-electron chi connectivity index (χ2n) is 9.74. The molecule has 0 spiro atoms. The molecule has 0 fully saturated rings. The summed E-state index contributed by atoms with van der Waals surface area (Å²) in [6.07, 6.45) is -0.0583. The van der Waals surface area contributed by atoms with Gasteiger partial charge in [0.15, 0.2) is 6.04 Å². The van der Waals surface area contributed by atoms with Gasteiger partial charge in [-0.3, -0.25) is 14.4 Å². The van der Waals surface area contributed by atoms with Crippen LogP contribution in [0.5, 0.6) is 0 Å². The summed E-state index contributed by atoms with van der Waals surface area (Å²) in [5.74, 6) is -1.32. The smallest absolute Gasteiger partial charge is 0.284 e. The number of nitrogens with two attached hydrogens (primary N) is 1. The lowest BCUT2D eigenvalue weighted by molar-refractivity contribution is -0.123. The maximum absolute atomic E-state index is 11.0. The molecule has 0 aliphatic heterocycles. The van der Waals surface area contributed by atoms with Crippen LogP contribution in [0.3, 0.4) is 0 Å². The fourth-order valence-electron chi connectivity index (χ4n) is 1.56. The number of oxime groups is 1. The Morgan fingerprint density at radius 1 is 0.879 bits per heavy atom. The van der Waals surface area contributed by atoms with Gasteiger partial charge in [0.1, 0.15) is 12.5 Å². The Balaban J connectivity index is -0.000000411. The lowest BCUT2D eigenvalue weighted by atomic mass is 10.1. The minimum atomic E-state index is -1.06. The topological polar surface area (TPSA) is 217 Å². The summed E-state index contributed by atoms with van der Waals surface area (Å²) in [7, 11) is 0. The predicted octanol–water partition coefficient (Wildman–Crippen LogP) is 0.822. The van der Waals surface area contributed by atoms with Crippen molar-refractivity contribution in [1.82, 2.24) is 16.0 Å². The largest absolute Gasteiger partial charge is 0.410 e. The van der Waals surface area contributed by atoms with Crippen molar-refractivity contribution >= 4 is 23.4 Å². The predicted molar refractivity (Wildman–Crippen MR) is 122 cm³/mol. The lowest BCUT2D eigenvalue weighted by Crippen LogP contribution is -2.48. The molecule has 0 aliphatic rings. The van der Waals surface area contributed by atoms with E-state index in [1.807, 2.05) is 41.5 Å². The molecule has 1 atom stereocenters. The minimum Gasteiger partial charge on any atom is -0.410 e. The van der Waals surface area contributed by atoms with E-state index in [0.717, 1.165) is 0 Å². The summed E-state index contributed by atoms with van der Waals surface area (Å²) in [6, 6.07) is 3.83. The number of rotatable bonds is 3. The van der Waals surface area contributed by atoms with Crippen LogP contribution in [0.4, 0.5) is 0 Å². The van der Waals surface area contributed by atoms with E-state index in [2.05, 4.69) is 21.1 Å². The Morgan fingerprint density at radius 2 is 1.30 bits per heavy atom. The van der Waals surface area contributed by atoms with Crippen molar-refractivity contribution in [3.63, 3.8) is 0 Å². The van der Waals surface area contributed by atoms with Gasteiger partial charge in [-0.25, -0.2) is 0 Å². The monoisotopic (exact) mass is 464 g/mol. The van der Waals surface area contributed by atoms with Crippen LogP contribution in [-0.4, -0.2) is 51.3 Å². The van der Waals surface area contributed by atoms with Gasteiger partial charge in [0.05, 0.1) is 12.1 Å². The second kappa shape index (κ2) is 15.2. The number of nitrogens with one attached hydrogen (secondary N) is 3. The van der Waals surface area contributed by atoms with Crippen LogP contribution in [0.25, 0.3) is 0 Å². The van der Waals surface area contributed by atoms with E-state index >= 15 is 0 Å². The Kier molecular flexibility index (Phi) is 15.6. The highest BCUT2D eigenvalue weighted by Gasteiger charge is 2.19. The molecular formula is C21H36N8O4. The average Bonchev–Trinajstić information content (AvgIpc) is 2.58. The summed E-state index contributed by atoms with van der Waals surface area (Å²) >= 11 is 0. The van der Waals surface area contributed by atoms with Gasteiger partial charge in [-0.2, -0.15) is 15.8 Å². The number of nitriles is 3. The van der Waals surface area contributed by atoms with Gasteiger partial charge in [0, 0.05) is 16.6 Å². The standard InChI is InChI=1S/C7H11N3O2.C7H13N3O.C7H12N2O/c1-7(2,3)9-6(11)5(4-8)10-12;1-7(2,3)10-6(11)5(9)4-8;1-7(2,3)9-6(10)4-5-8/h12H,1-3H3,(H,9,11);5H,9H2,1-3H3,(H,10,11);4H2,1-3H3,(H,9,10)/b10-5+;;. The van der Waals surface area contributed by atoms with E-state index in [4.69, 9.17) is 26.7 Å². The number of amides is 3. The molecule has 33 heavy (non-hydrogen) atoms. The molecule has 184 valence electrons. The highest BCUT2D eigenvalue weighted by Crippen LogP contribution is 1.99. The van der Waals surface area contributed by atoms with Crippen LogP contribution in [0.1, 0.15) is 68.7 Å². The highest BCUT2D eigenvalue weighted by atomic mass is 16.4. The Hall–Kier alpha value is -3.69. The Labute approximate surface area is 195 Å². The maximum atomic E-state index is 11.0. The normalized spacial score (nSPS) is 11.9. The molecule has 3 amide bonds. The first-order valence-corrected chi connectivity index (χ1v) is 9.82. The van der Waals surface area contributed by atoms with Gasteiger partial charge in [-0.05, 0) is 62.3 Å². The SMILES string of the molecule is CC(C)(C)NC(=O)/C(C#N)=N/O.CC(C)(C)NC(=O)C(N)C#N.CC(C)(C)NC(=O)CC#N. The Morgan fingerprint density at radius 3 is 1.58 bits per heavy atom. The summed E-state index contributed by atoms with van der Waals surface area (Å²) in [5, 5.41) is 43.1. The first-order chi connectivity index (χ1) is 14.7. The molecule has 0 rings (SSSR count). The molecule has 0 aromatic carbocycles. The molecule has 0 saturated carbocycles. The van der Waals surface area contributed by atoms with Crippen LogP contribution < -0.4 is 21.7 Å². The van der Waals surface area contributed by atoms with Crippen molar-refractivity contribution in [2.45, 2.75) is 91.4 Å². The molecule has 0 aromatic rings. The van der Waals surface area contributed by atoms with E-state index < -0.39 is 29.1 Å². The third kappa shape index (κ3) is 24.5. The molecule has 12 nitrogen and oxygen atoms in total. The fraction of sp³-hybridized carbons (Fsp3) is 0.667. The molecular weight excluding hydrogens is 428 g/mol. The summed E-state index contributed by atoms with van der Waals surface area (Å²) in [5.41, 5.74) is 3.62. The molecule has 12 heteroatoms. The zero-order valence-corrected chi connectivity index (χ0v) is 20.8. The maximum Gasteiger partial charge on any atom is 0.284 e. The quantitative estimate of drug-likeness (QED) is 0.228. The van der Waals surface area contributed by atoms with Crippen LogP contribution in [-0.2, 0) is 14.4 Å². The number of hydrogen-bond acceptors (Lipinski definition) is 9. The van der Waals surface area contributed by atoms with Gasteiger partial charge in [-0.15, -0.1) is 0 Å². The van der Waals surface area contributed by atoms with Gasteiger partial charge >= 0.3 is 0 Å². The van der Waals surface area contributed by atoms with Gasteiger partial charge in [0.25, 0.3) is 11.8 Å². The molecule has 1 unspecified atom stereocenters.